The average Bonchev–Trinajstić information content (AvgIpc) is 2.39. The van der Waals surface area contributed by atoms with Gasteiger partial charge in [0.2, 0.25) is 0 Å². The third-order valence-corrected chi connectivity index (χ3v) is 3.73. The minimum Gasteiger partial charge on any atom is -0.479 e. The number of aliphatic hydroxyl groups excluding tert-OH is 1. The molecule has 2 unspecified atom stereocenters. The fourth-order valence-electron chi connectivity index (χ4n) is 2.63. The summed E-state index contributed by atoms with van der Waals surface area (Å²) in [5.41, 5.74) is 2.35. The van der Waals surface area contributed by atoms with Crippen LogP contribution in [0.4, 0.5) is 0 Å². The van der Waals surface area contributed by atoms with Crippen LogP contribution in [0.3, 0.4) is 0 Å². The minimum atomic E-state index is -0.952. The van der Waals surface area contributed by atoms with Crippen LogP contribution in [0.2, 0.25) is 0 Å². The molecule has 0 aliphatic heterocycles. The first kappa shape index (κ1) is 13.9. The van der Waals surface area contributed by atoms with Crippen molar-refractivity contribution in [2.45, 2.75) is 38.7 Å². The second-order valence-corrected chi connectivity index (χ2v) is 5.11. The first-order valence-electron chi connectivity index (χ1n) is 6.73. The molecule has 1 aliphatic rings. The van der Waals surface area contributed by atoms with E-state index >= 15 is 0 Å². The van der Waals surface area contributed by atoms with Gasteiger partial charge in [-0.1, -0.05) is 12.1 Å². The lowest BCUT2D eigenvalue weighted by molar-refractivity contribution is -0.144. The van der Waals surface area contributed by atoms with Crippen molar-refractivity contribution < 1.29 is 19.7 Å². The van der Waals surface area contributed by atoms with Crippen molar-refractivity contribution in [1.82, 2.24) is 0 Å². The van der Waals surface area contributed by atoms with E-state index in [9.17, 15) is 4.79 Å². The number of carbonyl (C=O) groups is 1. The van der Waals surface area contributed by atoms with E-state index in [1.165, 1.54) is 5.56 Å². The summed E-state index contributed by atoms with van der Waals surface area (Å²) in [7, 11) is 0. The number of ether oxygens (including phenoxy) is 1. The number of benzene rings is 1. The summed E-state index contributed by atoms with van der Waals surface area (Å²) in [6.07, 6.45) is 2.85. The van der Waals surface area contributed by atoms with Crippen molar-refractivity contribution in [1.29, 1.82) is 0 Å². The Kier molecular flexibility index (Phi) is 4.43. The van der Waals surface area contributed by atoms with Crippen molar-refractivity contribution in [2.75, 3.05) is 6.61 Å². The van der Waals surface area contributed by atoms with Crippen molar-refractivity contribution >= 4 is 5.97 Å². The minimum absolute atomic E-state index is 0.228. The summed E-state index contributed by atoms with van der Waals surface area (Å²) in [6.45, 7) is 1.77. The van der Waals surface area contributed by atoms with E-state index in [4.69, 9.17) is 14.9 Å². The maximum Gasteiger partial charge on any atom is 0.344 e. The van der Waals surface area contributed by atoms with Crippen molar-refractivity contribution in [3.8, 4) is 5.75 Å². The van der Waals surface area contributed by atoms with E-state index < -0.39 is 12.1 Å². The van der Waals surface area contributed by atoms with Crippen LogP contribution in [0, 0.1) is 5.92 Å². The Hall–Kier alpha value is -1.55. The Balaban J connectivity index is 2.16. The molecule has 1 aromatic rings. The highest BCUT2D eigenvalue weighted by Crippen LogP contribution is 2.33. The second-order valence-electron chi connectivity index (χ2n) is 5.11. The Labute approximate surface area is 113 Å². The number of carboxylic acids is 1. The van der Waals surface area contributed by atoms with Gasteiger partial charge in [-0.25, -0.2) is 4.79 Å². The third kappa shape index (κ3) is 3.26. The Morgan fingerprint density at radius 2 is 2.32 bits per heavy atom. The zero-order valence-electron chi connectivity index (χ0n) is 11.1. The number of carboxylic acid groups (broad SMARTS) is 1. The molecule has 0 heterocycles. The summed E-state index contributed by atoms with van der Waals surface area (Å²) in [5, 5.41) is 17.9. The van der Waals surface area contributed by atoms with Crippen LogP contribution in [0.15, 0.2) is 18.2 Å². The topological polar surface area (TPSA) is 66.8 Å². The molecule has 19 heavy (non-hydrogen) atoms. The molecule has 0 bridgehead atoms. The normalized spacial score (nSPS) is 19.6. The van der Waals surface area contributed by atoms with Crippen LogP contribution in [-0.4, -0.2) is 28.9 Å². The lowest BCUT2D eigenvalue weighted by atomic mass is 9.82. The fraction of sp³-hybridized carbons (Fsp3) is 0.533. The van der Waals surface area contributed by atoms with Crippen LogP contribution in [0.1, 0.15) is 30.9 Å². The Morgan fingerprint density at radius 3 is 3.00 bits per heavy atom. The quantitative estimate of drug-likeness (QED) is 0.854. The van der Waals surface area contributed by atoms with Gasteiger partial charge in [-0.05, 0) is 55.7 Å². The fourth-order valence-corrected chi connectivity index (χ4v) is 2.63. The van der Waals surface area contributed by atoms with Crippen LogP contribution < -0.4 is 4.74 Å². The highest BCUT2D eigenvalue weighted by atomic mass is 16.5. The van der Waals surface area contributed by atoms with Crippen LogP contribution in [-0.2, 0) is 17.6 Å². The summed E-state index contributed by atoms with van der Waals surface area (Å²) in [5.74, 6) is 0.256. The van der Waals surface area contributed by atoms with Gasteiger partial charge in [-0.3, -0.25) is 0 Å². The third-order valence-electron chi connectivity index (χ3n) is 3.73. The molecule has 1 aliphatic carbocycles. The molecule has 2 atom stereocenters. The molecule has 0 fully saturated rings. The number of aliphatic carboxylic acids is 1. The van der Waals surface area contributed by atoms with Gasteiger partial charge in [0.15, 0.2) is 6.10 Å². The van der Waals surface area contributed by atoms with Gasteiger partial charge in [0, 0.05) is 6.61 Å². The number of fused-ring (bicyclic) bond motifs is 1. The molecule has 0 saturated heterocycles. The zero-order chi connectivity index (χ0) is 13.8. The lowest BCUT2D eigenvalue weighted by Gasteiger charge is -2.26. The molecule has 2 N–H and O–H groups in total. The number of hydrogen-bond donors (Lipinski definition) is 2. The van der Waals surface area contributed by atoms with Crippen LogP contribution >= 0.6 is 0 Å². The maximum absolute atomic E-state index is 10.9. The largest absolute Gasteiger partial charge is 0.479 e. The predicted molar refractivity (Wildman–Crippen MR) is 71.4 cm³/mol. The second kappa shape index (κ2) is 6.06. The van der Waals surface area contributed by atoms with Crippen LogP contribution in [0.5, 0.6) is 5.75 Å². The maximum atomic E-state index is 10.9. The van der Waals surface area contributed by atoms with E-state index in [0.29, 0.717) is 11.7 Å². The van der Waals surface area contributed by atoms with Crippen molar-refractivity contribution in [3.63, 3.8) is 0 Å². The highest BCUT2D eigenvalue weighted by Gasteiger charge is 2.22. The zero-order valence-corrected chi connectivity index (χ0v) is 11.1. The Morgan fingerprint density at radius 1 is 1.53 bits per heavy atom. The molecule has 4 nitrogen and oxygen atoms in total. The van der Waals surface area contributed by atoms with E-state index in [2.05, 4.69) is 6.07 Å². The smallest absolute Gasteiger partial charge is 0.344 e. The molecule has 0 amide bonds. The van der Waals surface area contributed by atoms with E-state index in [-0.39, 0.29) is 6.61 Å². The van der Waals surface area contributed by atoms with Gasteiger partial charge in [0.1, 0.15) is 5.75 Å². The summed E-state index contributed by atoms with van der Waals surface area (Å²) in [6, 6.07) is 5.81. The van der Waals surface area contributed by atoms with E-state index in [1.54, 1.807) is 6.92 Å². The van der Waals surface area contributed by atoms with Gasteiger partial charge in [0.05, 0.1) is 0 Å². The average molecular weight is 264 g/mol. The van der Waals surface area contributed by atoms with Gasteiger partial charge < -0.3 is 14.9 Å². The molecule has 0 spiro atoms. The van der Waals surface area contributed by atoms with Crippen molar-refractivity contribution in [3.05, 3.63) is 29.3 Å². The van der Waals surface area contributed by atoms with Gasteiger partial charge in [-0.15, -0.1) is 0 Å². The summed E-state index contributed by atoms with van der Waals surface area (Å²) < 4.78 is 5.52. The lowest BCUT2D eigenvalue weighted by Crippen LogP contribution is -2.24. The van der Waals surface area contributed by atoms with Gasteiger partial charge >= 0.3 is 5.97 Å². The SMILES string of the molecule is CC(Oc1cccc2c1CCC(CCO)C2)C(=O)O. The molecule has 104 valence electrons. The van der Waals surface area contributed by atoms with Gasteiger partial charge in [0.25, 0.3) is 0 Å². The molecule has 1 aromatic carbocycles. The first-order valence-corrected chi connectivity index (χ1v) is 6.73. The van der Waals surface area contributed by atoms with E-state index in [1.807, 2.05) is 12.1 Å². The number of rotatable bonds is 5. The molecule has 0 radical (unpaired) electrons. The monoisotopic (exact) mass is 264 g/mol. The molecule has 0 aromatic heterocycles. The van der Waals surface area contributed by atoms with Gasteiger partial charge in [-0.2, -0.15) is 0 Å². The summed E-state index contributed by atoms with van der Waals surface area (Å²) >= 11 is 0. The molecule has 0 saturated carbocycles. The number of aliphatic hydroxyl groups is 1. The Bertz CT molecular complexity index is 455. The molecular weight excluding hydrogens is 244 g/mol. The standard InChI is InChI=1S/C15H20O4/c1-10(15(17)18)19-14-4-2-3-12-9-11(7-8-16)5-6-13(12)14/h2-4,10-11,16H,5-9H2,1H3,(H,17,18). The molecule has 2 rings (SSSR count). The summed E-state index contributed by atoms with van der Waals surface area (Å²) in [4.78, 5) is 10.9. The van der Waals surface area contributed by atoms with Crippen LogP contribution in [0.25, 0.3) is 0 Å². The number of hydrogen-bond acceptors (Lipinski definition) is 3. The molecular formula is C15H20O4. The van der Waals surface area contributed by atoms with E-state index in [0.717, 1.165) is 31.2 Å². The highest BCUT2D eigenvalue weighted by molar-refractivity contribution is 5.72. The first-order chi connectivity index (χ1) is 9.11. The predicted octanol–water partition coefficient (Wildman–Crippen LogP) is 2.03. The van der Waals surface area contributed by atoms with Crippen molar-refractivity contribution in [2.24, 2.45) is 5.92 Å². The molecule has 4 heteroatoms.